The second kappa shape index (κ2) is 9.60. The number of ether oxygens (including phenoxy) is 3. The molecule has 0 spiro atoms. The van der Waals surface area contributed by atoms with Gasteiger partial charge in [-0.15, -0.1) is 0 Å². The van der Waals surface area contributed by atoms with Gasteiger partial charge in [0, 0.05) is 12.0 Å². The highest BCUT2D eigenvalue weighted by Crippen LogP contribution is 2.25. The highest BCUT2D eigenvalue weighted by molar-refractivity contribution is 5.87. The quantitative estimate of drug-likeness (QED) is 0.301. The van der Waals surface area contributed by atoms with E-state index in [-0.39, 0.29) is 6.61 Å². The van der Waals surface area contributed by atoms with Crippen molar-refractivity contribution in [1.82, 2.24) is 0 Å². The number of hydrogen-bond acceptors (Lipinski definition) is 4. The van der Waals surface area contributed by atoms with Crippen LogP contribution in [-0.2, 0) is 16.0 Å². The molecule has 28 heavy (non-hydrogen) atoms. The first-order valence-electron chi connectivity index (χ1n) is 9.28. The molecule has 0 aliphatic carbocycles. The summed E-state index contributed by atoms with van der Waals surface area (Å²) >= 11 is 0. The molecule has 0 amide bonds. The second-order valence-electron chi connectivity index (χ2n) is 6.52. The maximum absolute atomic E-state index is 11.3. The van der Waals surface area contributed by atoms with Gasteiger partial charge in [-0.2, -0.15) is 0 Å². The minimum absolute atomic E-state index is 0.192. The number of carbonyl (C=O) groups is 1. The minimum Gasteiger partial charge on any atom is -0.493 e. The van der Waals surface area contributed by atoms with Crippen LogP contribution in [0.3, 0.4) is 0 Å². The van der Waals surface area contributed by atoms with E-state index in [1.807, 2.05) is 54.6 Å². The predicted octanol–water partition coefficient (Wildman–Crippen LogP) is 4.96. The molecular weight excluding hydrogens is 352 g/mol. The van der Waals surface area contributed by atoms with Crippen LogP contribution in [0.2, 0.25) is 0 Å². The molecule has 0 aliphatic rings. The van der Waals surface area contributed by atoms with Crippen LogP contribution in [0.25, 0.3) is 10.8 Å². The van der Waals surface area contributed by atoms with Crippen LogP contribution in [0, 0.1) is 0 Å². The molecule has 4 nitrogen and oxygen atoms in total. The lowest BCUT2D eigenvalue weighted by Gasteiger charge is -2.10. The number of carbonyl (C=O) groups excluding carboxylic acids is 1. The van der Waals surface area contributed by atoms with E-state index >= 15 is 0 Å². The largest absolute Gasteiger partial charge is 0.493 e. The van der Waals surface area contributed by atoms with Crippen LogP contribution in [0.1, 0.15) is 12.5 Å². The first kappa shape index (κ1) is 19.5. The fourth-order valence-electron chi connectivity index (χ4n) is 2.73. The van der Waals surface area contributed by atoms with Crippen LogP contribution in [-0.4, -0.2) is 25.8 Å². The van der Waals surface area contributed by atoms with Gasteiger partial charge in [0.25, 0.3) is 0 Å². The molecule has 0 N–H and O–H groups in total. The van der Waals surface area contributed by atoms with E-state index in [1.54, 1.807) is 6.92 Å². The molecular formula is C24H24O4. The van der Waals surface area contributed by atoms with Crippen LogP contribution in [0.15, 0.2) is 78.9 Å². The average Bonchev–Trinajstić information content (AvgIpc) is 2.71. The molecule has 3 aromatic carbocycles. The van der Waals surface area contributed by atoms with E-state index < -0.39 is 5.97 Å². The van der Waals surface area contributed by atoms with Crippen molar-refractivity contribution >= 4 is 16.7 Å². The molecule has 0 radical (unpaired) electrons. The first-order chi connectivity index (χ1) is 13.6. The fraction of sp³-hybridized carbons (Fsp3) is 0.208. The van der Waals surface area contributed by atoms with E-state index in [4.69, 9.17) is 14.2 Å². The second-order valence-corrected chi connectivity index (χ2v) is 6.52. The number of rotatable bonds is 9. The summed E-state index contributed by atoms with van der Waals surface area (Å²) in [6.07, 6.45) is 0.877. The highest BCUT2D eigenvalue weighted by Gasteiger charge is 2.04. The molecule has 0 fully saturated rings. The van der Waals surface area contributed by atoms with E-state index in [0.717, 1.165) is 28.7 Å². The molecule has 144 valence electrons. The molecule has 0 aromatic heterocycles. The average molecular weight is 376 g/mol. The Kier molecular flexibility index (Phi) is 6.68. The Morgan fingerprint density at radius 3 is 2.04 bits per heavy atom. The summed E-state index contributed by atoms with van der Waals surface area (Å²) in [5, 5.41) is 2.14. The SMILES string of the molecule is C=C(C)C(=O)OCCOc1ccc2cc(OCCc3ccccc3)ccc2c1. The van der Waals surface area contributed by atoms with Gasteiger partial charge in [-0.1, -0.05) is 49.0 Å². The van der Waals surface area contributed by atoms with Crippen molar-refractivity contribution in [3.8, 4) is 11.5 Å². The topological polar surface area (TPSA) is 44.8 Å². The fourth-order valence-corrected chi connectivity index (χ4v) is 2.73. The lowest BCUT2D eigenvalue weighted by molar-refractivity contribution is -0.139. The van der Waals surface area contributed by atoms with Crippen molar-refractivity contribution in [2.45, 2.75) is 13.3 Å². The molecule has 0 saturated carbocycles. The summed E-state index contributed by atoms with van der Waals surface area (Å²) in [7, 11) is 0. The summed E-state index contributed by atoms with van der Waals surface area (Å²) < 4.78 is 16.6. The molecule has 0 atom stereocenters. The molecule has 0 saturated heterocycles. The van der Waals surface area contributed by atoms with Gasteiger partial charge in [0.1, 0.15) is 24.7 Å². The monoisotopic (exact) mass is 376 g/mol. The summed E-state index contributed by atoms with van der Waals surface area (Å²) in [4.78, 5) is 11.3. The van der Waals surface area contributed by atoms with Crippen LogP contribution in [0.5, 0.6) is 11.5 Å². The number of hydrogen-bond donors (Lipinski definition) is 0. The van der Waals surface area contributed by atoms with Gasteiger partial charge >= 0.3 is 5.97 Å². The van der Waals surface area contributed by atoms with Gasteiger partial charge in [-0.05, 0) is 47.5 Å². The third-order valence-corrected chi connectivity index (χ3v) is 4.22. The van der Waals surface area contributed by atoms with Crippen LogP contribution in [0.4, 0.5) is 0 Å². The number of fused-ring (bicyclic) bond motifs is 1. The Bertz CT molecular complexity index is 947. The van der Waals surface area contributed by atoms with Crippen LogP contribution >= 0.6 is 0 Å². The van der Waals surface area contributed by atoms with Crippen molar-refractivity contribution in [1.29, 1.82) is 0 Å². The van der Waals surface area contributed by atoms with E-state index in [1.165, 1.54) is 5.56 Å². The normalized spacial score (nSPS) is 10.5. The lowest BCUT2D eigenvalue weighted by atomic mass is 10.1. The smallest absolute Gasteiger partial charge is 0.333 e. The predicted molar refractivity (Wildman–Crippen MR) is 111 cm³/mol. The molecule has 0 aliphatic heterocycles. The van der Waals surface area contributed by atoms with Crippen molar-refractivity contribution in [3.63, 3.8) is 0 Å². The Labute approximate surface area is 165 Å². The van der Waals surface area contributed by atoms with Crippen molar-refractivity contribution in [3.05, 3.63) is 84.4 Å². The summed E-state index contributed by atoms with van der Waals surface area (Å²) in [5.74, 6) is 1.18. The first-order valence-corrected chi connectivity index (χ1v) is 9.28. The molecule has 0 bridgehead atoms. The molecule has 3 aromatic rings. The zero-order valence-corrected chi connectivity index (χ0v) is 16.0. The van der Waals surface area contributed by atoms with Crippen molar-refractivity contribution < 1.29 is 19.0 Å². The van der Waals surface area contributed by atoms with E-state index in [2.05, 4.69) is 18.7 Å². The highest BCUT2D eigenvalue weighted by atomic mass is 16.6. The maximum Gasteiger partial charge on any atom is 0.333 e. The van der Waals surface area contributed by atoms with Gasteiger partial charge in [-0.3, -0.25) is 0 Å². The molecule has 4 heteroatoms. The Morgan fingerprint density at radius 2 is 1.43 bits per heavy atom. The number of benzene rings is 3. The van der Waals surface area contributed by atoms with Gasteiger partial charge in [-0.25, -0.2) is 4.79 Å². The molecule has 3 rings (SSSR count). The third-order valence-electron chi connectivity index (χ3n) is 4.22. The standard InChI is InChI=1S/C24H24O4/c1-18(2)24(25)28-15-14-27-23-11-9-20-16-22(10-8-21(20)17-23)26-13-12-19-6-4-3-5-7-19/h3-11,16-17H,1,12-15H2,2H3. The Morgan fingerprint density at radius 1 is 0.821 bits per heavy atom. The zero-order valence-electron chi connectivity index (χ0n) is 16.0. The third kappa shape index (κ3) is 5.61. The lowest BCUT2D eigenvalue weighted by Crippen LogP contribution is -2.12. The Hall–Kier alpha value is -3.27. The number of esters is 1. The van der Waals surface area contributed by atoms with E-state index in [0.29, 0.717) is 18.8 Å². The van der Waals surface area contributed by atoms with Gasteiger partial charge in [0.2, 0.25) is 0 Å². The van der Waals surface area contributed by atoms with Crippen LogP contribution < -0.4 is 9.47 Å². The Balaban J connectivity index is 1.51. The van der Waals surface area contributed by atoms with Crippen molar-refractivity contribution in [2.24, 2.45) is 0 Å². The summed E-state index contributed by atoms with van der Waals surface area (Å²) in [5.41, 5.74) is 1.64. The summed E-state index contributed by atoms with van der Waals surface area (Å²) in [6, 6.07) is 22.2. The van der Waals surface area contributed by atoms with Gasteiger partial charge < -0.3 is 14.2 Å². The van der Waals surface area contributed by atoms with Gasteiger partial charge in [0.05, 0.1) is 6.61 Å². The van der Waals surface area contributed by atoms with E-state index in [9.17, 15) is 4.79 Å². The van der Waals surface area contributed by atoms with Crippen molar-refractivity contribution in [2.75, 3.05) is 19.8 Å². The maximum atomic E-state index is 11.3. The van der Waals surface area contributed by atoms with Gasteiger partial charge in [0.15, 0.2) is 0 Å². The minimum atomic E-state index is -0.401. The summed E-state index contributed by atoms with van der Waals surface area (Å²) in [6.45, 7) is 6.29. The zero-order chi connectivity index (χ0) is 19.8. The molecule has 0 heterocycles. The molecule has 0 unspecified atom stereocenters.